The maximum Gasteiger partial charge on any atom is 0.258 e. The summed E-state index contributed by atoms with van der Waals surface area (Å²) in [5.41, 5.74) is 1.89. The number of hydrogen-bond acceptors (Lipinski definition) is 4. The van der Waals surface area contributed by atoms with Crippen molar-refractivity contribution in [2.45, 2.75) is 27.2 Å². The Balaban J connectivity index is 2.23. The van der Waals surface area contributed by atoms with Gasteiger partial charge in [-0.25, -0.2) is 9.37 Å². The van der Waals surface area contributed by atoms with Crippen LogP contribution in [0, 0.1) is 19.7 Å². The van der Waals surface area contributed by atoms with E-state index in [0.29, 0.717) is 17.9 Å². The van der Waals surface area contributed by atoms with E-state index in [1.54, 1.807) is 13.8 Å². The van der Waals surface area contributed by atoms with E-state index in [4.69, 9.17) is 0 Å². The van der Waals surface area contributed by atoms with E-state index in [1.807, 2.05) is 6.92 Å². The molecule has 7 heteroatoms. The van der Waals surface area contributed by atoms with E-state index in [2.05, 4.69) is 25.8 Å². The number of anilines is 2. The summed E-state index contributed by atoms with van der Waals surface area (Å²) in [6, 6.07) is 1.35. The molecule has 0 saturated carbocycles. The van der Waals surface area contributed by atoms with Crippen molar-refractivity contribution in [3.63, 3.8) is 0 Å². The number of halogens is 1. The molecule has 21 heavy (non-hydrogen) atoms. The lowest BCUT2D eigenvalue weighted by Gasteiger charge is -2.09. The van der Waals surface area contributed by atoms with E-state index < -0.39 is 11.7 Å². The number of rotatable bonds is 5. The van der Waals surface area contributed by atoms with E-state index in [1.165, 1.54) is 12.3 Å². The summed E-state index contributed by atoms with van der Waals surface area (Å²) in [5.74, 6) is -1.09. The molecule has 0 fully saturated rings. The highest BCUT2D eigenvalue weighted by atomic mass is 19.1. The lowest BCUT2D eigenvalue weighted by molar-refractivity contribution is 0.102. The summed E-state index contributed by atoms with van der Waals surface area (Å²) >= 11 is 0. The molecule has 112 valence electrons. The number of nitrogens with zero attached hydrogens (tertiary/aromatic N) is 2. The predicted molar refractivity (Wildman–Crippen MR) is 79.0 cm³/mol. The van der Waals surface area contributed by atoms with Crippen molar-refractivity contribution in [1.29, 1.82) is 0 Å². The molecule has 0 bridgehead atoms. The van der Waals surface area contributed by atoms with Crippen LogP contribution >= 0.6 is 0 Å². The van der Waals surface area contributed by atoms with Gasteiger partial charge in [-0.3, -0.25) is 9.89 Å². The van der Waals surface area contributed by atoms with E-state index in [0.717, 1.165) is 12.1 Å². The number of aromatic amines is 1. The Hall–Kier alpha value is -2.44. The number of amides is 1. The minimum atomic E-state index is -0.651. The second-order valence-corrected chi connectivity index (χ2v) is 4.71. The lowest BCUT2D eigenvalue weighted by Crippen LogP contribution is -2.16. The Bertz CT molecular complexity index is 633. The molecule has 0 aromatic carbocycles. The molecule has 0 aliphatic carbocycles. The van der Waals surface area contributed by atoms with Gasteiger partial charge in [-0.1, -0.05) is 6.92 Å². The first-order valence-electron chi connectivity index (χ1n) is 6.75. The Morgan fingerprint density at radius 2 is 2.19 bits per heavy atom. The number of pyridine rings is 1. The Morgan fingerprint density at radius 3 is 2.81 bits per heavy atom. The molecule has 2 aromatic rings. The van der Waals surface area contributed by atoms with Crippen molar-refractivity contribution >= 4 is 17.4 Å². The van der Waals surface area contributed by atoms with Crippen LogP contribution in [0.5, 0.6) is 0 Å². The van der Waals surface area contributed by atoms with Crippen LogP contribution in [0.2, 0.25) is 0 Å². The second kappa shape index (κ2) is 6.34. The van der Waals surface area contributed by atoms with Crippen molar-refractivity contribution in [2.75, 3.05) is 17.2 Å². The molecule has 0 radical (unpaired) electrons. The summed E-state index contributed by atoms with van der Waals surface area (Å²) in [5, 5.41) is 12.3. The van der Waals surface area contributed by atoms with Gasteiger partial charge in [0.15, 0.2) is 11.6 Å². The average Bonchev–Trinajstić information content (AvgIpc) is 2.78. The molecule has 0 aliphatic rings. The largest absolute Gasteiger partial charge is 0.368 e. The standard InChI is InChI=1S/C14H18FN5O/c1-4-6-16-13-11(15)10(5-7-17-13)14(21)18-12-8(2)19-20-9(12)3/h5,7H,4,6H2,1-3H3,(H,16,17)(H,18,21)(H,19,20). The molecular formula is C14H18FN5O. The topological polar surface area (TPSA) is 82.7 Å². The second-order valence-electron chi connectivity index (χ2n) is 4.71. The molecule has 0 spiro atoms. The molecule has 0 saturated heterocycles. The van der Waals surface area contributed by atoms with Crippen LogP contribution in [0.1, 0.15) is 35.1 Å². The number of carbonyl (C=O) groups is 1. The number of aryl methyl sites for hydroxylation is 2. The van der Waals surface area contributed by atoms with Crippen molar-refractivity contribution < 1.29 is 9.18 Å². The van der Waals surface area contributed by atoms with Gasteiger partial charge >= 0.3 is 0 Å². The maximum absolute atomic E-state index is 14.3. The molecule has 3 N–H and O–H groups in total. The van der Waals surface area contributed by atoms with Crippen molar-refractivity contribution in [2.24, 2.45) is 0 Å². The third kappa shape index (κ3) is 3.18. The first-order chi connectivity index (χ1) is 10.0. The zero-order valence-electron chi connectivity index (χ0n) is 12.2. The van der Waals surface area contributed by atoms with Gasteiger partial charge in [0.25, 0.3) is 5.91 Å². The third-order valence-electron chi connectivity index (χ3n) is 3.04. The fraction of sp³-hybridized carbons (Fsp3) is 0.357. The predicted octanol–water partition coefficient (Wildman–Crippen LogP) is 2.63. The van der Waals surface area contributed by atoms with Gasteiger partial charge < -0.3 is 10.6 Å². The highest BCUT2D eigenvalue weighted by molar-refractivity contribution is 6.05. The Labute approximate surface area is 122 Å². The molecule has 1 amide bonds. The lowest BCUT2D eigenvalue weighted by atomic mass is 10.2. The van der Waals surface area contributed by atoms with Crippen LogP contribution in [0.15, 0.2) is 12.3 Å². The number of hydrogen-bond donors (Lipinski definition) is 3. The molecule has 6 nitrogen and oxygen atoms in total. The monoisotopic (exact) mass is 291 g/mol. The fourth-order valence-electron chi connectivity index (χ4n) is 1.90. The van der Waals surface area contributed by atoms with E-state index in [9.17, 15) is 9.18 Å². The Kier molecular flexibility index (Phi) is 4.52. The number of carbonyl (C=O) groups excluding carboxylic acids is 1. The third-order valence-corrected chi connectivity index (χ3v) is 3.04. The first kappa shape index (κ1) is 15.0. The smallest absolute Gasteiger partial charge is 0.258 e. The highest BCUT2D eigenvalue weighted by Crippen LogP contribution is 2.20. The summed E-state index contributed by atoms with van der Waals surface area (Å²) in [6.45, 7) is 6.10. The number of aromatic nitrogens is 3. The summed E-state index contributed by atoms with van der Waals surface area (Å²) < 4.78 is 14.3. The van der Waals surface area contributed by atoms with Crippen molar-refractivity contribution in [1.82, 2.24) is 15.2 Å². The van der Waals surface area contributed by atoms with Crippen molar-refractivity contribution in [3.05, 3.63) is 35.0 Å². The average molecular weight is 291 g/mol. The van der Waals surface area contributed by atoms with Gasteiger partial charge in [0, 0.05) is 12.7 Å². The van der Waals surface area contributed by atoms with Crippen LogP contribution in [0.4, 0.5) is 15.9 Å². The summed E-state index contributed by atoms with van der Waals surface area (Å²) in [4.78, 5) is 16.1. The molecule has 0 atom stereocenters. The van der Waals surface area contributed by atoms with Gasteiger partial charge in [0.2, 0.25) is 0 Å². The molecule has 2 aromatic heterocycles. The normalized spacial score (nSPS) is 10.5. The fourth-order valence-corrected chi connectivity index (χ4v) is 1.90. The van der Waals surface area contributed by atoms with Crippen LogP contribution in [-0.4, -0.2) is 27.6 Å². The van der Waals surface area contributed by atoms with Gasteiger partial charge in [-0.2, -0.15) is 5.10 Å². The van der Waals surface area contributed by atoms with Crippen molar-refractivity contribution in [3.8, 4) is 0 Å². The van der Waals surface area contributed by atoms with Crippen LogP contribution in [-0.2, 0) is 0 Å². The first-order valence-corrected chi connectivity index (χ1v) is 6.75. The van der Waals surface area contributed by atoms with Gasteiger partial charge in [0.1, 0.15) is 0 Å². The zero-order chi connectivity index (χ0) is 15.4. The molecule has 2 heterocycles. The van der Waals surface area contributed by atoms with Crippen LogP contribution in [0.3, 0.4) is 0 Å². The van der Waals surface area contributed by atoms with Crippen LogP contribution < -0.4 is 10.6 Å². The highest BCUT2D eigenvalue weighted by Gasteiger charge is 2.18. The minimum Gasteiger partial charge on any atom is -0.368 e. The Morgan fingerprint density at radius 1 is 1.43 bits per heavy atom. The van der Waals surface area contributed by atoms with Gasteiger partial charge in [-0.05, 0) is 26.3 Å². The number of nitrogens with one attached hydrogen (secondary N) is 3. The quantitative estimate of drug-likeness (QED) is 0.791. The van der Waals surface area contributed by atoms with Gasteiger partial charge in [0.05, 0.1) is 22.6 Å². The van der Waals surface area contributed by atoms with Crippen LogP contribution in [0.25, 0.3) is 0 Å². The van der Waals surface area contributed by atoms with E-state index >= 15 is 0 Å². The zero-order valence-corrected chi connectivity index (χ0v) is 12.2. The molecule has 0 unspecified atom stereocenters. The molecule has 0 aliphatic heterocycles. The molecular weight excluding hydrogens is 273 g/mol. The molecule has 2 rings (SSSR count). The number of H-pyrrole nitrogens is 1. The minimum absolute atomic E-state index is 0.0522. The summed E-state index contributed by atoms with van der Waals surface area (Å²) in [7, 11) is 0. The van der Waals surface area contributed by atoms with E-state index in [-0.39, 0.29) is 11.4 Å². The SMILES string of the molecule is CCCNc1nccc(C(=O)Nc2c(C)n[nH]c2C)c1F. The maximum atomic E-state index is 14.3. The summed E-state index contributed by atoms with van der Waals surface area (Å²) in [6.07, 6.45) is 2.25. The van der Waals surface area contributed by atoms with Gasteiger partial charge in [-0.15, -0.1) is 0 Å².